The Bertz CT molecular complexity index is 1230. The van der Waals surface area contributed by atoms with E-state index in [1.165, 1.54) is 0 Å². The summed E-state index contributed by atoms with van der Waals surface area (Å²) in [6, 6.07) is 16.1. The fourth-order valence-corrected chi connectivity index (χ4v) is 4.03. The van der Waals surface area contributed by atoms with Gasteiger partial charge in [-0.25, -0.2) is 4.79 Å². The third-order valence-electron chi connectivity index (χ3n) is 5.72. The van der Waals surface area contributed by atoms with Gasteiger partial charge in [-0.05, 0) is 34.2 Å². The number of benzene rings is 2. The molecule has 0 saturated heterocycles. The van der Waals surface area contributed by atoms with Crippen LogP contribution in [0.5, 0.6) is 0 Å². The Morgan fingerprint density at radius 1 is 1.09 bits per heavy atom. The number of aromatic carboxylic acids is 1. The molecule has 0 bridgehead atoms. The van der Waals surface area contributed by atoms with E-state index in [2.05, 4.69) is 32.6 Å². The number of carbonyl (C=O) groups is 1. The first-order chi connectivity index (χ1) is 16.0. The molecule has 8 nitrogen and oxygen atoms in total. The molecule has 2 N–H and O–H groups in total. The molecular weight excluding hydrogens is 416 g/mol. The average Bonchev–Trinajstić information content (AvgIpc) is 3.47. The number of aromatic nitrogens is 6. The fraction of sp³-hybridized carbons (Fsp3) is 0.320. The van der Waals surface area contributed by atoms with Crippen LogP contribution in [0.2, 0.25) is 0 Å². The van der Waals surface area contributed by atoms with Crippen LogP contribution in [0.1, 0.15) is 66.8 Å². The Morgan fingerprint density at radius 3 is 2.42 bits per heavy atom. The molecule has 0 radical (unpaired) electrons. The standard InChI is InChI=1S/C25H28N6O2/c1-4-5-14-31-21(22(25(32)33)23(28-31)16(2)3)15-17-10-12-18(13-11-17)19-8-6-7-9-20(19)24-26-29-30-27-24/h6-13,16H,4-5,14-15H2,1-3H3,(H,32,33)(H,26,27,29,30). The maximum atomic E-state index is 12.1. The lowest BCUT2D eigenvalue weighted by Crippen LogP contribution is -2.09. The molecule has 0 saturated carbocycles. The molecule has 2 heterocycles. The highest BCUT2D eigenvalue weighted by Gasteiger charge is 2.25. The van der Waals surface area contributed by atoms with Crippen LogP contribution >= 0.6 is 0 Å². The van der Waals surface area contributed by atoms with Crippen LogP contribution in [0.3, 0.4) is 0 Å². The van der Waals surface area contributed by atoms with Gasteiger partial charge in [0.05, 0.1) is 11.4 Å². The molecule has 0 amide bonds. The highest BCUT2D eigenvalue weighted by Crippen LogP contribution is 2.31. The Balaban J connectivity index is 1.68. The highest BCUT2D eigenvalue weighted by atomic mass is 16.4. The smallest absolute Gasteiger partial charge is 0.339 e. The van der Waals surface area contributed by atoms with Gasteiger partial charge in [-0.2, -0.15) is 10.3 Å². The summed E-state index contributed by atoms with van der Waals surface area (Å²) in [5.41, 5.74) is 5.72. The van der Waals surface area contributed by atoms with Crippen LogP contribution in [0, 0.1) is 0 Å². The number of unbranched alkanes of at least 4 members (excludes halogenated alkanes) is 1. The molecule has 0 unspecified atom stereocenters. The normalized spacial score (nSPS) is 11.3. The summed E-state index contributed by atoms with van der Waals surface area (Å²) < 4.78 is 1.89. The minimum absolute atomic E-state index is 0.0433. The first-order valence-corrected chi connectivity index (χ1v) is 11.2. The number of carboxylic acids is 1. The molecule has 0 aliphatic heterocycles. The molecule has 8 heteroatoms. The van der Waals surface area contributed by atoms with Gasteiger partial charge >= 0.3 is 5.97 Å². The maximum Gasteiger partial charge on any atom is 0.339 e. The Morgan fingerprint density at radius 2 is 1.82 bits per heavy atom. The molecule has 4 rings (SSSR count). The molecule has 2 aromatic heterocycles. The second kappa shape index (κ2) is 9.77. The van der Waals surface area contributed by atoms with Crippen molar-refractivity contribution in [1.29, 1.82) is 0 Å². The number of tetrazole rings is 1. The minimum Gasteiger partial charge on any atom is -0.478 e. The fourth-order valence-electron chi connectivity index (χ4n) is 4.03. The third kappa shape index (κ3) is 4.69. The van der Waals surface area contributed by atoms with Crippen molar-refractivity contribution in [2.24, 2.45) is 0 Å². The lowest BCUT2D eigenvalue weighted by Gasteiger charge is -2.10. The number of aromatic amines is 1. The molecule has 4 aromatic rings. The number of H-pyrrole nitrogens is 1. The predicted octanol–water partition coefficient (Wildman–Crippen LogP) is 4.94. The number of hydrogen-bond acceptors (Lipinski definition) is 5. The molecular formula is C25H28N6O2. The number of rotatable bonds is 9. The Hall–Kier alpha value is -3.81. The van der Waals surface area contributed by atoms with Crippen LogP contribution in [0.4, 0.5) is 0 Å². The summed E-state index contributed by atoms with van der Waals surface area (Å²) in [7, 11) is 0. The van der Waals surface area contributed by atoms with Gasteiger partial charge in [0.2, 0.25) is 5.82 Å². The zero-order valence-electron chi connectivity index (χ0n) is 19.1. The van der Waals surface area contributed by atoms with Gasteiger partial charge < -0.3 is 5.11 Å². The molecule has 170 valence electrons. The summed E-state index contributed by atoms with van der Waals surface area (Å²) in [6.07, 6.45) is 2.49. The third-order valence-corrected chi connectivity index (χ3v) is 5.72. The van der Waals surface area contributed by atoms with Crippen LogP contribution in [-0.2, 0) is 13.0 Å². The van der Waals surface area contributed by atoms with Crippen LogP contribution in [0.15, 0.2) is 48.5 Å². The topological polar surface area (TPSA) is 110 Å². The minimum atomic E-state index is -0.915. The van der Waals surface area contributed by atoms with Gasteiger partial charge in [-0.15, -0.1) is 10.2 Å². The molecule has 0 aliphatic carbocycles. The van der Waals surface area contributed by atoms with Gasteiger partial charge in [0, 0.05) is 18.5 Å². The van der Waals surface area contributed by atoms with Gasteiger partial charge in [0.25, 0.3) is 0 Å². The largest absolute Gasteiger partial charge is 0.478 e. The van der Waals surface area contributed by atoms with E-state index in [4.69, 9.17) is 0 Å². The second-order valence-electron chi connectivity index (χ2n) is 8.40. The number of aryl methyl sites for hydroxylation is 1. The van der Waals surface area contributed by atoms with Crippen molar-refractivity contribution in [3.63, 3.8) is 0 Å². The zero-order chi connectivity index (χ0) is 23.4. The van der Waals surface area contributed by atoms with E-state index in [-0.39, 0.29) is 5.92 Å². The van der Waals surface area contributed by atoms with E-state index in [1.54, 1.807) is 0 Å². The highest BCUT2D eigenvalue weighted by molar-refractivity contribution is 5.90. The summed E-state index contributed by atoms with van der Waals surface area (Å²) in [4.78, 5) is 12.1. The van der Waals surface area contributed by atoms with Crippen LogP contribution in [-0.4, -0.2) is 41.5 Å². The molecule has 2 aromatic carbocycles. The van der Waals surface area contributed by atoms with Crippen molar-refractivity contribution < 1.29 is 9.90 Å². The van der Waals surface area contributed by atoms with Gasteiger partial charge in [0.15, 0.2) is 0 Å². The number of nitrogens with zero attached hydrogens (tertiary/aromatic N) is 5. The van der Waals surface area contributed by atoms with Crippen LogP contribution < -0.4 is 0 Å². The van der Waals surface area contributed by atoms with E-state index in [9.17, 15) is 9.90 Å². The first-order valence-electron chi connectivity index (χ1n) is 11.2. The second-order valence-corrected chi connectivity index (χ2v) is 8.40. The molecule has 0 aliphatic rings. The number of nitrogens with one attached hydrogen (secondary N) is 1. The Kier molecular flexibility index (Phi) is 6.63. The van der Waals surface area contributed by atoms with Crippen LogP contribution in [0.25, 0.3) is 22.5 Å². The lowest BCUT2D eigenvalue weighted by molar-refractivity contribution is 0.0694. The van der Waals surface area contributed by atoms with E-state index < -0.39 is 5.97 Å². The summed E-state index contributed by atoms with van der Waals surface area (Å²) >= 11 is 0. The molecule has 0 atom stereocenters. The molecule has 0 spiro atoms. The number of hydrogen-bond donors (Lipinski definition) is 2. The average molecular weight is 445 g/mol. The predicted molar refractivity (Wildman–Crippen MR) is 126 cm³/mol. The number of carboxylic acid groups (broad SMARTS) is 1. The SMILES string of the molecule is CCCCn1nc(C(C)C)c(C(=O)O)c1Cc1ccc(-c2ccccc2-c2nn[nH]n2)cc1. The van der Waals surface area contributed by atoms with Gasteiger partial charge in [0.1, 0.15) is 5.56 Å². The monoisotopic (exact) mass is 444 g/mol. The summed E-state index contributed by atoms with van der Waals surface area (Å²) in [6.45, 7) is 6.81. The van der Waals surface area contributed by atoms with E-state index in [1.807, 2.05) is 67.1 Å². The summed E-state index contributed by atoms with van der Waals surface area (Å²) in [5, 5.41) is 29.0. The first kappa shape index (κ1) is 22.4. The zero-order valence-corrected chi connectivity index (χ0v) is 19.1. The molecule has 33 heavy (non-hydrogen) atoms. The summed E-state index contributed by atoms with van der Waals surface area (Å²) in [5.74, 6) is -0.328. The van der Waals surface area contributed by atoms with Crippen molar-refractivity contribution in [2.75, 3.05) is 0 Å². The van der Waals surface area contributed by atoms with Gasteiger partial charge in [-0.3, -0.25) is 4.68 Å². The molecule has 0 fully saturated rings. The van der Waals surface area contributed by atoms with Crippen molar-refractivity contribution in [3.8, 4) is 22.5 Å². The lowest BCUT2D eigenvalue weighted by atomic mass is 9.96. The van der Waals surface area contributed by atoms with E-state index in [0.717, 1.165) is 47.3 Å². The van der Waals surface area contributed by atoms with Crippen molar-refractivity contribution in [3.05, 3.63) is 71.0 Å². The Labute approximate surface area is 192 Å². The quantitative estimate of drug-likeness (QED) is 0.378. The maximum absolute atomic E-state index is 12.1. The van der Waals surface area contributed by atoms with Crippen molar-refractivity contribution >= 4 is 5.97 Å². The van der Waals surface area contributed by atoms with E-state index in [0.29, 0.717) is 23.5 Å². The van der Waals surface area contributed by atoms with Crippen molar-refractivity contribution in [2.45, 2.75) is 52.5 Å². The van der Waals surface area contributed by atoms with E-state index >= 15 is 0 Å². The van der Waals surface area contributed by atoms with Crippen molar-refractivity contribution in [1.82, 2.24) is 30.4 Å². The van der Waals surface area contributed by atoms with Gasteiger partial charge in [-0.1, -0.05) is 75.7 Å².